The van der Waals surface area contributed by atoms with E-state index in [0.717, 1.165) is 44.9 Å². The fourth-order valence-electron chi connectivity index (χ4n) is 5.11. The van der Waals surface area contributed by atoms with E-state index in [1.165, 1.54) is 0 Å². The van der Waals surface area contributed by atoms with Gasteiger partial charge in [-0.1, -0.05) is 62.4 Å². The molecule has 0 aliphatic carbocycles. The van der Waals surface area contributed by atoms with Gasteiger partial charge in [0.2, 0.25) is 0 Å². The van der Waals surface area contributed by atoms with Crippen molar-refractivity contribution in [1.82, 2.24) is 0 Å². The molecule has 0 unspecified atom stereocenters. The monoisotopic (exact) mass is 565 g/mol. The number of ether oxygens (including phenoxy) is 2. The molecule has 0 N–H and O–H groups in total. The van der Waals surface area contributed by atoms with Crippen LogP contribution in [0, 0.1) is 0 Å². The van der Waals surface area contributed by atoms with Crippen molar-refractivity contribution in [3.63, 3.8) is 0 Å². The Morgan fingerprint density at radius 1 is 0.615 bits per heavy atom. The molecule has 0 saturated carbocycles. The van der Waals surface area contributed by atoms with Crippen molar-refractivity contribution in [3.05, 3.63) is 117 Å². The number of para-hydroxylation sites is 2. The average molecular weight is 565 g/mol. The van der Waals surface area contributed by atoms with Crippen LogP contribution in [0.4, 0.5) is 0 Å². The van der Waals surface area contributed by atoms with Crippen LogP contribution in [-0.4, -0.2) is 11.9 Å². The van der Waals surface area contributed by atoms with E-state index in [2.05, 4.69) is 0 Å². The van der Waals surface area contributed by atoms with Gasteiger partial charge in [-0.15, -0.1) is 0 Å². The Morgan fingerprint density at radius 2 is 1.00 bits per heavy atom. The largest absolute Gasteiger partial charge is 2.00 e. The molecule has 6 rings (SSSR count). The zero-order chi connectivity index (χ0) is 26.8. The predicted molar refractivity (Wildman–Crippen MR) is 139 cm³/mol. The molecule has 2 heterocycles. The van der Waals surface area contributed by atoms with E-state index >= 15 is 0 Å². The number of rotatable bonds is 4. The fraction of sp³-hybridized carbons (Fsp3) is 0.188. The van der Waals surface area contributed by atoms with Crippen molar-refractivity contribution in [2.45, 2.75) is 39.5 Å². The maximum Gasteiger partial charge on any atom is 2.00 e. The number of carboxylic acids is 2. The molecule has 0 saturated heterocycles. The molecule has 0 aromatic heterocycles. The number of carbonyl (C=O) groups excluding carboxylic acids is 2. The molecule has 0 bridgehead atoms. The Bertz CT molecular complexity index is 1440. The van der Waals surface area contributed by atoms with Crippen LogP contribution in [0.2, 0.25) is 0 Å². The van der Waals surface area contributed by atoms with E-state index < -0.39 is 11.9 Å². The van der Waals surface area contributed by atoms with Gasteiger partial charge in [0, 0.05) is 35.1 Å². The Hall–Kier alpha value is -4.07. The van der Waals surface area contributed by atoms with Gasteiger partial charge in [0.15, 0.2) is 0 Å². The van der Waals surface area contributed by atoms with Crippen LogP contribution >= 0.6 is 0 Å². The Morgan fingerprint density at radius 3 is 1.36 bits per heavy atom. The molecule has 0 fully saturated rings. The van der Waals surface area contributed by atoms with E-state index in [0.29, 0.717) is 37.2 Å². The Balaban J connectivity index is 0.000000176. The number of hydrogen-bond donors (Lipinski definition) is 0. The first-order chi connectivity index (χ1) is 18.4. The Labute approximate surface area is 237 Å². The zero-order valence-corrected chi connectivity index (χ0v) is 22.6. The summed E-state index contributed by atoms with van der Waals surface area (Å²) in [5.74, 6) is 0.575. The fourth-order valence-corrected chi connectivity index (χ4v) is 5.11. The van der Waals surface area contributed by atoms with Gasteiger partial charge >= 0.3 is 16.8 Å². The molecule has 2 aliphatic heterocycles. The number of aryl methyl sites for hydroxylation is 2. The SMILES string of the molecule is CCc1ccc2c(c1C(=O)[O-])Cc1ccccc1O2.CCc1ccc2c(c1C(=O)[O-])Cc1ccccc1O2.[Co+2]. The maximum absolute atomic E-state index is 11.4. The van der Waals surface area contributed by atoms with Gasteiger partial charge in [-0.05, 0) is 59.4 Å². The van der Waals surface area contributed by atoms with Crippen LogP contribution in [0.15, 0.2) is 72.8 Å². The van der Waals surface area contributed by atoms with Crippen LogP contribution in [0.5, 0.6) is 23.0 Å². The molecule has 4 aromatic rings. The minimum absolute atomic E-state index is 0. The van der Waals surface area contributed by atoms with Crippen LogP contribution < -0.4 is 19.7 Å². The molecular formula is C32H26CoO6. The minimum atomic E-state index is -1.13. The first kappa shape index (κ1) is 27.9. The summed E-state index contributed by atoms with van der Waals surface area (Å²) in [7, 11) is 0. The quantitative estimate of drug-likeness (QED) is 0.310. The molecule has 0 amide bonds. The van der Waals surface area contributed by atoms with Gasteiger partial charge in [-0.25, -0.2) is 0 Å². The smallest absolute Gasteiger partial charge is 0.545 e. The first-order valence-corrected chi connectivity index (χ1v) is 12.6. The summed E-state index contributed by atoms with van der Waals surface area (Å²) in [4.78, 5) is 22.8. The molecule has 7 heteroatoms. The maximum atomic E-state index is 11.4. The summed E-state index contributed by atoms with van der Waals surface area (Å²) in [5.41, 5.74) is 5.61. The average Bonchev–Trinajstić information content (AvgIpc) is 2.93. The topological polar surface area (TPSA) is 98.7 Å². The van der Waals surface area contributed by atoms with E-state index in [1.54, 1.807) is 12.1 Å². The normalized spacial score (nSPS) is 11.9. The molecule has 4 aromatic carbocycles. The number of aromatic carboxylic acids is 2. The third kappa shape index (κ3) is 5.41. The summed E-state index contributed by atoms with van der Waals surface area (Å²) in [6, 6.07) is 22.7. The van der Waals surface area contributed by atoms with Crippen molar-refractivity contribution in [3.8, 4) is 23.0 Å². The molecule has 39 heavy (non-hydrogen) atoms. The van der Waals surface area contributed by atoms with E-state index in [9.17, 15) is 19.8 Å². The van der Waals surface area contributed by atoms with Crippen molar-refractivity contribution in [2.24, 2.45) is 0 Å². The van der Waals surface area contributed by atoms with Crippen LogP contribution in [-0.2, 0) is 42.5 Å². The molecule has 6 nitrogen and oxygen atoms in total. The first-order valence-electron chi connectivity index (χ1n) is 12.6. The molecule has 199 valence electrons. The second-order valence-electron chi connectivity index (χ2n) is 9.21. The number of carboxylic acid groups (broad SMARTS) is 2. The standard InChI is InChI=1S/2C16H14O3.Co/c2*1-2-10-7-8-14-12(15(10)16(17)18)9-11-5-3-4-6-13(11)19-14;/h2*3-8H,2,9H2,1H3,(H,17,18);/q;;+2/p-2. The Kier molecular flexibility index (Phi) is 8.43. The van der Waals surface area contributed by atoms with Crippen LogP contribution in [0.1, 0.15) is 67.9 Å². The summed E-state index contributed by atoms with van der Waals surface area (Å²) in [6.07, 6.45) is 2.47. The van der Waals surface area contributed by atoms with Crippen molar-refractivity contribution >= 4 is 11.9 Å². The molecule has 1 radical (unpaired) electrons. The van der Waals surface area contributed by atoms with Crippen molar-refractivity contribution in [1.29, 1.82) is 0 Å². The van der Waals surface area contributed by atoms with Crippen LogP contribution in [0.25, 0.3) is 0 Å². The summed E-state index contributed by atoms with van der Waals surface area (Å²) in [6.45, 7) is 3.87. The van der Waals surface area contributed by atoms with Crippen molar-refractivity contribution < 1.29 is 46.1 Å². The predicted octanol–water partition coefficient (Wildman–Crippen LogP) is 4.62. The number of fused-ring (bicyclic) bond motifs is 4. The second kappa shape index (κ2) is 11.8. The van der Waals surface area contributed by atoms with Gasteiger partial charge in [0.05, 0.1) is 11.9 Å². The third-order valence-corrected chi connectivity index (χ3v) is 7.00. The third-order valence-electron chi connectivity index (χ3n) is 7.00. The number of hydrogen-bond acceptors (Lipinski definition) is 6. The van der Waals surface area contributed by atoms with Gasteiger partial charge in [0.25, 0.3) is 0 Å². The van der Waals surface area contributed by atoms with Gasteiger partial charge in [-0.2, -0.15) is 0 Å². The zero-order valence-electron chi connectivity index (χ0n) is 21.5. The number of carbonyl (C=O) groups is 2. The molecule has 0 atom stereocenters. The van der Waals surface area contributed by atoms with Gasteiger partial charge in [-0.3, -0.25) is 0 Å². The van der Waals surface area contributed by atoms with Crippen LogP contribution in [0.3, 0.4) is 0 Å². The summed E-state index contributed by atoms with van der Waals surface area (Å²) >= 11 is 0. The number of benzene rings is 4. The second-order valence-corrected chi connectivity index (χ2v) is 9.21. The van der Waals surface area contributed by atoms with Gasteiger partial charge < -0.3 is 29.3 Å². The van der Waals surface area contributed by atoms with E-state index in [-0.39, 0.29) is 27.9 Å². The minimum Gasteiger partial charge on any atom is -0.545 e. The van der Waals surface area contributed by atoms with E-state index in [1.807, 2.05) is 74.5 Å². The molecular weight excluding hydrogens is 539 g/mol. The van der Waals surface area contributed by atoms with Crippen molar-refractivity contribution in [2.75, 3.05) is 0 Å². The summed E-state index contributed by atoms with van der Waals surface area (Å²) in [5, 5.41) is 22.8. The molecule has 0 spiro atoms. The molecule has 2 aliphatic rings. The summed E-state index contributed by atoms with van der Waals surface area (Å²) < 4.78 is 11.6. The van der Waals surface area contributed by atoms with Gasteiger partial charge in [0.1, 0.15) is 23.0 Å². The van der Waals surface area contributed by atoms with E-state index in [4.69, 9.17) is 9.47 Å².